The fourth-order valence-electron chi connectivity index (χ4n) is 2.80. The summed E-state index contributed by atoms with van der Waals surface area (Å²) in [5.41, 5.74) is 0.254. The molecule has 0 radical (unpaired) electrons. The van der Waals surface area contributed by atoms with Gasteiger partial charge in [0.1, 0.15) is 22.9 Å². The standard InChI is InChI=1S/C22H24ClFN4O3/c1-14(11-20(29)31-22(2,3)4)13-28-26-21(25-27-28)15-5-7-16(8-6-15)30-17-9-10-19(24)18(23)12-17/h5-10,12,14H,11,13H2,1-4H3/t14-/m1/s1. The summed E-state index contributed by atoms with van der Waals surface area (Å²) in [5, 5.41) is 12.5. The molecule has 31 heavy (non-hydrogen) atoms. The molecule has 0 aliphatic heterocycles. The van der Waals surface area contributed by atoms with E-state index in [1.807, 2.05) is 27.7 Å². The molecule has 0 N–H and O–H groups in total. The molecule has 0 aliphatic rings. The zero-order valence-corrected chi connectivity index (χ0v) is 18.6. The molecule has 7 nitrogen and oxygen atoms in total. The van der Waals surface area contributed by atoms with Gasteiger partial charge in [-0.2, -0.15) is 4.80 Å². The van der Waals surface area contributed by atoms with E-state index in [1.54, 1.807) is 24.3 Å². The van der Waals surface area contributed by atoms with E-state index in [4.69, 9.17) is 21.1 Å². The van der Waals surface area contributed by atoms with Crippen molar-refractivity contribution in [2.45, 2.75) is 46.3 Å². The first kappa shape index (κ1) is 22.7. The van der Waals surface area contributed by atoms with Crippen LogP contribution in [-0.2, 0) is 16.1 Å². The lowest BCUT2D eigenvalue weighted by molar-refractivity contribution is -0.155. The topological polar surface area (TPSA) is 79.1 Å². The number of benzene rings is 2. The maximum Gasteiger partial charge on any atom is 0.306 e. The third-order valence-corrected chi connectivity index (χ3v) is 4.39. The summed E-state index contributed by atoms with van der Waals surface area (Å²) in [4.78, 5) is 13.4. The number of hydrogen-bond donors (Lipinski definition) is 0. The van der Waals surface area contributed by atoms with Crippen molar-refractivity contribution in [2.24, 2.45) is 5.92 Å². The average molecular weight is 447 g/mol. The lowest BCUT2D eigenvalue weighted by atomic mass is 10.1. The van der Waals surface area contributed by atoms with Crippen LogP contribution >= 0.6 is 11.6 Å². The number of tetrazole rings is 1. The normalized spacial score (nSPS) is 12.5. The molecular weight excluding hydrogens is 423 g/mol. The predicted octanol–water partition coefficient (Wildman–Crippen LogP) is 5.29. The Morgan fingerprint density at radius 3 is 2.48 bits per heavy atom. The number of carbonyl (C=O) groups excluding carboxylic acids is 1. The summed E-state index contributed by atoms with van der Waals surface area (Å²) in [6.07, 6.45) is 0.271. The molecule has 1 heterocycles. The Bertz CT molecular complexity index is 1050. The molecule has 0 saturated carbocycles. The number of carbonyl (C=O) groups is 1. The van der Waals surface area contributed by atoms with Gasteiger partial charge >= 0.3 is 5.97 Å². The first-order chi connectivity index (χ1) is 14.6. The van der Waals surface area contributed by atoms with E-state index in [-0.39, 0.29) is 23.3 Å². The van der Waals surface area contributed by atoms with Gasteiger partial charge in [0.15, 0.2) is 0 Å². The van der Waals surface area contributed by atoms with Gasteiger partial charge in [-0.25, -0.2) is 4.39 Å². The van der Waals surface area contributed by atoms with Crippen LogP contribution in [0.2, 0.25) is 5.02 Å². The molecule has 164 valence electrons. The van der Waals surface area contributed by atoms with Gasteiger partial charge in [0, 0.05) is 18.1 Å². The molecule has 2 aromatic carbocycles. The van der Waals surface area contributed by atoms with Crippen molar-refractivity contribution in [2.75, 3.05) is 0 Å². The first-order valence-corrected chi connectivity index (χ1v) is 10.2. The van der Waals surface area contributed by atoms with Gasteiger partial charge in [-0.15, -0.1) is 10.2 Å². The van der Waals surface area contributed by atoms with Gasteiger partial charge in [-0.05, 0) is 68.3 Å². The minimum Gasteiger partial charge on any atom is -0.460 e. The second kappa shape index (κ2) is 9.43. The van der Waals surface area contributed by atoms with Gasteiger partial charge < -0.3 is 9.47 Å². The van der Waals surface area contributed by atoms with Crippen LogP contribution in [0.4, 0.5) is 4.39 Å². The second-order valence-corrected chi connectivity index (χ2v) is 8.67. The fourth-order valence-corrected chi connectivity index (χ4v) is 2.97. The summed E-state index contributed by atoms with van der Waals surface area (Å²) < 4.78 is 24.3. The van der Waals surface area contributed by atoms with Crippen molar-refractivity contribution in [1.82, 2.24) is 20.2 Å². The van der Waals surface area contributed by atoms with Gasteiger partial charge in [0.05, 0.1) is 11.6 Å². The van der Waals surface area contributed by atoms with Gasteiger partial charge in [-0.3, -0.25) is 4.79 Å². The minimum atomic E-state index is -0.506. The van der Waals surface area contributed by atoms with Crippen molar-refractivity contribution >= 4 is 17.6 Å². The van der Waals surface area contributed by atoms with E-state index >= 15 is 0 Å². The highest BCUT2D eigenvalue weighted by Crippen LogP contribution is 2.27. The molecule has 1 atom stereocenters. The highest BCUT2D eigenvalue weighted by atomic mass is 35.5. The predicted molar refractivity (Wildman–Crippen MR) is 114 cm³/mol. The number of nitrogens with zero attached hydrogens (tertiary/aromatic N) is 4. The Hall–Kier alpha value is -3.00. The molecule has 0 spiro atoms. The van der Waals surface area contributed by atoms with Crippen molar-refractivity contribution in [1.29, 1.82) is 0 Å². The molecule has 0 saturated heterocycles. The highest BCUT2D eigenvalue weighted by Gasteiger charge is 2.19. The number of rotatable bonds is 7. The number of aromatic nitrogens is 4. The highest BCUT2D eigenvalue weighted by molar-refractivity contribution is 6.30. The Kier molecular flexibility index (Phi) is 6.90. The third kappa shape index (κ3) is 6.75. The summed E-state index contributed by atoms with van der Waals surface area (Å²) in [6, 6.07) is 11.3. The number of hydrogen-bond acceptors (Lipinski definition) is 6. The molecule has 0 fully saturated rings. The van der Waals surface area contributed by atoms with Crippen LogP contribution in [0.3, 0.4) is 0 Å². The molecule has 3 aromatic rings. The van der Waals surface area contributed by atoms with Crippen LogP contribution in [0.15, 0.2) is 42.5 Å². The lowest BCUT2D eigenvalue weighted by Crippen LogP contribution is -2.25. The molecule has 3 rings (SSSR count). The number of ether oxygens (including phenoxy) is 2. The van der Waals surface area contributed by atoms with Crippen molar-refractivity contribution in [3.63, 3.8) is 0 Å². The zero-order chi connectivity index (χ0) is 22.6. The molecule has 1 aromatic heterocycles. The van der Waals surface area contributed by atoms with Crippen LogP contribution in [0.5, 0.6) is 11.5 Å². The monoisotopic (exact) mass is 446 g/mol. The lowest BCUT2D eigenvalue weighted by Gasteiger charge is -2.20. The van der Waals surface area contributed by atoms with E-state index in [9.17, 15) is 9.18 Å². The minimum absolute atomic E-state index is 0.00386. The SMILES string of the molecule is C[C@H](CC(=O)OC(C)(C)C)Cn1nnc(-c2ccc(Oc3ccc(F)c(Cl)c3)cc2)n1. The van der Waals surface area contributed by atoms with Gasteiger partial charge in [0.25, 0.3) is 0 Å². The van der Waals surface area contributed by atoms with E-state index in [1.165, 1.54) is 23.0 Å². The van der Waals surface area contributed by atoms with E-state index in [2.05, 4.69) is 15.4 Å². The first-order valence-electron chi connectivity index (χ1n) is 9.82. The van der Waals surface area contributed by atoms with Crippen LogP contribution in [0.1, 0.15) is 34.1 Å². The Morgan fingerprint density at radius 2 is 1.84 bits per heavy atom. The smallest absolute Gasteiger partial charge is 0.306 e. The van der Waals surface area contributed by atoms with Gasteiger partial charge in [0.2, 0.25) is 5.82 Å². The van der Waals surface area contributed by atoms with Crippen LogP contribution < -0.4 is 4.74 Å². The molecule has 0 amide bonds. The van der Waals surface area contributed by atoms with E-state index < -0.39 is 11.4 Å². The maximum atomic E-state index is 13.3. The molecule has 0 aliphatic carbocycles. The van der Waals surface area contributed by atoms with Crippen LogP contribution in [0.25, 0.3) is 11.4 Å². The summed E-state index contributed by atoms with van der Waals surface area (Å²) in [6.45, 7) is 7.89. The number of esters is 1. The van der Waals surface area contributed by atoms with Crippen LogP contribution in [-0.4, -0.2) is 31.8 Å². The molecule has 0 unspecified atom stereocenters. The van der Waals surface area contributed by atoms with Crippen molar-refractivity contribution in [3.05, 3.63) is 53.3 Å². The molecule has 0 bridgehead atoms. The van der Waals surface area contributed by atoms with E-state index in [0.717, 1.165) is 5.56 Å². The number of halogens is 2. The summed E-state index contributed by atoms with van der Waals surface area (Å²) >= 11 is 5.77. The van der Waals surface area contributed by atoms with Crippen molar-refractivity contribution < 1.29 is 18.7 Å². The maximum absolute atomic E-state index is 13.3. The Labute approximate surface area is 185 Å². The van der Waals surface area contributed by atoms with E-state index in [0.29, 0.717) is 23.9 Å². The van der Waals surface area contributed by atoms with Crippen LogP contribution in [0, 0.1) is 11.7 Å². The molecule has 9 heteroatoms. The zero-order valence-electron chi connectivity index (χ0n) is 17.8. The average Bonchev–Trinajstić information content (AvgIpc) is 3.12. The largest absolute Gasteiger partial charge is 0.460 e. The fraction of sp³-hybridized carbons (Fsp3) is 0.364. The van der Waals surface area contributed by atoms with Crippen molar-refractivity contribution in [3.8, 4) is 22.9 Å². The Balaban J connectivity index is 1.59. The summed E-state index contributed by atoms with van der Waals surface area (Å²) in [5.74, 6) is 0.695. The Morgan fingerprint density at radius 1 is 1.16 bits per heavy atom. The van der Waals surface area contributed by atoms with Gasteiger partial charge in [-0.1, -0.05) is 18.5 Å². The quantitative estimate of drug-likeness (QED) is 0.458. The third-order valence-electron chi connectivity index (χ3n) is 4.10. The second-order valence-electron chi connectivity index (χ2n) is 8.27. The summed E-state index contributed by atoms with van der Waals surface area (Å²) in [7, 11) is 0. The molecular formula is C22H24ClFN4O3.